The monoisotopic (exact) mass is 369 g/mol. The van der Waals surface area contributed by atoms with Gasteiger partial charge in [-0.05, 0) is 20.8 Å². The zero-order valence-electron chi connectivity index (χ0n) is 14.8. The van der Waals surface area contributed by atoms with Gasteiger partial charge in [-0.3, -0.25) is 14.4 Å². The number of aromatic amines is 1. The Morgan fingerprint density at radius 3 is 2.46 bits per heavy atom. The molecule has 26 heavy (non-hydrogen) atoms. The van der Waals surface area contributed by atoms with Crippen LogP contribution in [-0.4, -0.2) is 63.7 Å². The maximum absolute atomic E-state index is 12.3. The minimum absolute atomic E-state index is 0.0990. The maximum Gasteiger partial charge on any atom is 0.408 e. The Bertz CT molecular complexity index is 637. The summed E-state index contributed by atoms with van der Waals surface area (Å²) < 4.78 is 5.13. The van der Waals surface area contributed by atoms with Crippen LogP contribution < -0.4 is 16.0 Å². The molecule has 0 radical (unpaired) electrons. The van der Waals surface area contributed by atoms with E-state index in [-0.39, 0.29) is 6.42 Å². The van der Waals surface area contributed by atoms with Gasteiger partial charge in [0.2, 0.25) is 11.8 Å². The number of nitrogens with zero attached hydrogens (tertiary/aromatic N) is 1. The minimum atomic E-state index is -1.20. The molecule has 1 aromatic heterocycles. The van der Waals surface area contributed by atoms with Gasteiger partial charge >= 0.3 is 12.1 Å². The highest BCUT2D eigenvalue weighted by molar-refractivity contribution is 5.90. The molecule has 1 atom stereocenters. The van der Waals surface area contributed by atoms with Crippen LogP contribution in [0, 0.1) is 0 Å². The van der Waals surface area contributed by atoms with Crippen molar-refractivity contribution in [3.63, 3.8) is 0 Å². The molecule has 0 bridgehead atoms. The number of alkyl carbamates (subject to hydrolysis) is 1. The molecule has 0 aromatic carbocycles. The SMILES string of the molecule is CC(C)(C)OC(=O)N[C@@H](Cc1cnc[nH]1)C(=O)NCC(=O)NCC(=O)O. The first-order chi connectivity index (χ1) is 12.1. The fourth-order valence-corrected chi connectivity index (χ4v) is 1.80. The molecular weight excluding hydrogens is 346 g/mol. The molecule has 0 aliphatic carbocycles. The number of carboxylic acids is 1. The molecule has 3 amide bonds. The number of ether oxygens (including phenoxy) is 1. The number of hydrogen-bond donors (Lipinski definition) is 5. The molecule has 0 unspecified atom stereocenters. The van der Waals surface area contributed by atoms with Crippen LogP contribution in [0.5, 0.6) is 0 Å². The molecular formula is C15H23N5O6. The van der Waals surface area contributed by atoms with Gasteiger partial charge in [0, 0.05) is 18.3 Å². The lowest BCUT2D eigenvalue weighted by Gasteiger charge is -2.23. The molecule has 0 aliphatic heterocycles. The van der Waals surface area contributed by atoms with E-state index in [4.69, 9.17) is 9.84 Å². The summed E-state index contributed by atoms with van der Waals surface area (Å²) in [6, 6.07) is -1.02. The Kier molecular flexibility index (Phi) is 7.56. The number of aromatic nitrogens is 2. The second-order valence-electron chi connectivity index (χ2n) is 6.37. The summed E-state index contributed by atoms with van der Waals surface area (Å²) in [6.45, 7) is 4.07. The van der Waals surface area contributed by atoms with Crippen LogP contribution in [0.15, 0.2) is 12.5 Å². The lowest BCUT2D eigenvalue weighted by Crippen LogP contribution is -2.51. The van der Waals surface area contributed by atoms with Crippen LogP contribution in [-0.2, 0) is 25.5 Å². The first-order valence-electron chi connectivity index (χ1n) is 7.80. The van der Waals surface area contributed by atoms with E-state index in [2.05, 4.69) is 25.9 Å². The second-order valence-corrected chi connectivity index (χ2v) is 6.37. The van der Waals surface area contributed by atoms with Gasteiger partial charge in [0.15, 0.2) is 0 Å². The van der Waals surface area contributed by atoms with Crippen molar-refractivity contribution in [3.05, 3.63) is 18.2 Å². The molecule has 1 aromatic rings. The zero-order chi connectivity index (χ0) is 19.7. The number of nitrogens with one attached hydrogen (secondary N) is 4. The van der Waals surface area contributed by atoms with Crippen LogP contribution in [0.4, 0.5) is 4.79 Å². The van der Waals surface area contributed by atoms with Gasteiger partial charge in [-0.2, -0.15) is 0 Å². The number of imidazole rings is 1. The van der Waals surface area contributed by atoms with E-state index >= 15 is 0 Å². The average molecular weight is 369 g/mol. The van der Waals surface area contributed by atoms with E-state index < -0.39 is 48.6 Å². The number of carboxylic acid groups (broad SMARTS) is 1. The van der Waals surface area contributed by atoms with Gasteiger partial charge in [-0.25, -0.2) is 9.78 Å². The summed E-state index contributed by atoms with van der Waals surface area (Å²) in [5.41, 5.74) is -0.146. The number of carbonyl (C=O) groups is 4. The first kappa shape index (κ1) is 20.9. The van der Waals surface area contributed by atoms with Crippen molar-refractivity contribution in [2.75, 3.05) is 13.1 Å². The van der Waals surface area contributed by atoms with Crippen molar-refractivity contribution in [1.29, 1.82) is 0 Å². The Morgan fingerprint density at radius 2 is 1.92 bits per heavy atom. The highest BCUT2D eigenvalue weighted by atomic mass is 16.6. The van der Waals surface area contributed by atoms with Gasteiger partial charge < -0.3 is 30.8 Å². The number of rotatable bonds is 8. The van der Waals surface area contributed by atoms with Crippen molar-refractivity contribution >= 4 is 23.9 Å². The number of amides is 3. The van der Waals surface area contributed by atoms with Crippen LogP contribution >= 0.6 is 0 Å². The van der Waals surface area contributed by atoms with Crippen molar-refractivity contribution in [2.45, 2.75) is 38.8 Å². The van der Waals surface area contributed by atoms with E-state index in [1.165, 1.54) is 12.5 Å². The molecule has 0 saturated carbocycles. The number of hydrogen-bond acceptors (Lipinski definition) is 6. The summed E-state index contributed by atoms with van der Waals surface area (Å²) in [5.74, 6) is -2.50. The molecule has 1 rings (SSSR count). The van der Waals surface area contributed by atoms with Crippen LogP contribution in [0.3, 0.4) is 0 Å². The smallest absolute Gasteiger partial charge is 0.408 e. The molecule has 1 heterocycles. The largest absolute Gasteiger partial charge is 0.480 e. The Morgan fingerprint density at radius 1 is 1.23 bits per heavy atom. The van der Waals surface area contributed by atoms with Crippen molar-refractivity contribution < 1.29 is 29.0 Å². The molecule has 144 valence electrons. The molecule has 0 spiro atoms. The topological polar surface area (TPSA) is 163 Å². The van der Waals surface area contributed by atoms with Gasteiger partial charge in [0.05, 0.1) is 12.9 Å². The van der Waals surface area contributed by atoms with E-state index in [9.17, 15) is 19.2 Å². The molecule has 5 N–H and O–H groups in total. The van der Waals surface area contributed by atoms with Crippen LogP contribution in [0.2, 0.25) is 0 Å². The zero-order valence-corrected chi connectivity index (χ0v) is 14.8. The second kappa shape index (κ2) is 9.39. The quantitative estimate of drug-likeness (QED) is 0.399. The molecule has 11 nitrogen and oxygen atoms in total. The highest BCUT2D eigenvalue weighted by Crippen LogP contribution is 2.07. The first-order valence-corrected chi connectivity index (χ1v) is 7.80. The lowest BCUT2D eigenvalue weighted by molar-refractivity contribution is -0.137. The van der Waals surface area contributed by atoms with E-state index in [0.717, 1.165) is 0 Å². The molecule has 0 aliphatic rings. The van der Waals surface area contributed by atoms with E-state index in [1.54, 1.807) is 20.8 Å². The summed E-state index contributed by atoms with van der Waals surface area (Å²) in [5, 5.41) is 15.4. The van der Waals surface area contributed by atoms with Gasteiger partial charge in [0.25, 0.3) is 0 Å². The number of H-pyrrole nitrogens is 1. The fourth-order valence-electron chi connectivity index (χ4n) is 1.80. The summed E-state index contributed by atoms with van der Waals surface area (Å²) in [7, 11) is 0. The Labute approximate surface area is 149 Å². The molecule has 0 fully saturated rings. The number of carbonyl (C=O) groups excluding carboxylic acids is 3. The molecule has 11 heteroatoms. The summed E-state index contributed by atoms with van der Waals surface area (Å²) in [4.78, 5) is 52.8. The minimum Gasteiger partial charge on any atom is -0.480 e. The molecule has 0 saturated heterocycles. The van der Waals surface area contributed by atoms with Gasteiger partial charge in [0.1, 0.15) is 18.2 Å². The fraction of sp³-hybridized carbons (Fsp3) is 0.533. The van der Waals surface area contributed by atoms with Crippen molar-refractivity contribution in [1.82, 2.24) is 25.9 Å². The normalized spacial score (nSPS) is 12.0. The maximum atomic E-state index is 12.3. The van der Waals surface area contributed by atoms with Gasteiger partial charge in [-0.1, -0.05) is 0 Å². The van der Waals surface area contributed by atoms with Gasteiger partial charge in [-0.15, -0.1) is 0 Å². The third-order valence-corrected chi connectivity index (χ3v) is 2.85. The predicted octanol–water partition coefficient (Wildman–Crippen LogP) is -0.837. The highest BCUT2D eigenvalue weighted by Gasteiger charge is 2.25. The van der Waals surface area contributed by atoms with Crippen LogP contribution in [0.25, 0.3) is 0 Å². The average Bonchev–Trinajstić information content (AvgIpc) is 3.01. The van der Waals surface area contributed by atoms with Crippen molar-refractivity contribution in [2.24, 2.45) is 0 Å². The number of aliphatic carboxylic acids is 1. The summed E-state index contributed by atoms with van der Waals surface area (Å²) >= 11 is 0. The van der Waals surface area contributed by atoms with Crippen molar-refractivity contribution in [3.8, 4) is 0 Å². The third kappa shape index (κ3) is 8.66. The van der Waals surface area contributed by atoms with Crippen LogP contribution in [0.1, 0.15) is 26.5 Å². The lowest BCUT2D eigenvalue weighted by atomic mass is 10.1. The third-order valence-electron chi connectivity index (χ3n) is 2.85. The standard InChI is InChI=1S/C15H23N5O6/c1-15(2,3)26-14(25)20-10(4-9-5-16-8-19-9)13(24)18-6-11(21)17-7-12(22)23/h5,8,10H,4,6-7H2,1-3H3,(H,16,19)(H,17,21)(H,18,24)(H,20,25)(H,22,23)/t10-/m0/s1. The predicted molar refractivity (Wildman–Crippen MR) is 89.1 cm³/mol. The Balaban J connectivity index is 2.65. The Hall–Kier alpha value is -3.11. The summed E-state index contributed by atoms with van der Waals surface area (Å²) in [6.07, 6.45) is 2.24. The van der Waals surface area contributed by atoms with E-state index in [0.29, 0.717) is 5.69 Å². The van der Waals surface area contributed by atoms with E-state index in [1.807, 2.05) is 0 Å².